The number of quaternary nitrogens is 1. The highest BCUT2D eigenvalue weighted by atomic mass is 31.2. The summed E-state index contributed by atoms with van der Waals surface area (Å²) in [6.45, 7) is 6.78. The zero-order valence-electron chi connectivity index (χ0n) is 52.3. The fourth-order valence-corrected chi connectivity index (χ4v) is 9.91. The number of unbranched alkanes of at least 4 members (excludes halogenated alkanes) is 31. The van der Waals surface area contributed by atoms with E-state index in [1.807, 2.05) is 33.3 Å². The molecule has 3 atom stereocenters. The Labute approximate surface area is 488 Å². The molecule has 79 heavy (non-hydrogen) atoms. The van der Waals surface area contributed by atoms with Crippen molar-refractivity contribution >= 4 is 19.7 Å². The maximum atomic E-state index is 13.6. The molecule has 0 rings (SSSR count). The number of ether oxygens (including phenoxy) is 1. The average molecular weight is 1130 g/mol. The van der Waals surface area contributed by atoms with Gasteiger partial charge in [-0.25, -0.2) is 0 Å². The standard InChI is InChI=1S/C69H125N2O7P/c1-7-10-13-16-19-22-25-27-29-31-33-35-37-39-41-43-46-49-52-55-58-61-68(72)70-66(65-77-79(74,75)76-64-63-71(4,5)6)67(60-57-54-51-48-45-24-21-18-15-12-9-3)78-69(73)62-59-56-53-50-47-44-42-40-38-36-34-32-30-28-26-23-20-17-14-11-8-2/h19-20,22-23,27-30,34,36,40,42,57,60,66-67H,7-18,21,24-26,31-33,35,37-39,41,43-56,58-59,61-65H2,1-6H3,(H-,70,72,74,75)/b22-19-,23-20-,29-27-,30-28-,36-34-,42-40-,60-57+. The van der Waals surface area contributed by atoms with Crippen LogP contribution < -0.4 is 10.2 Å². The van der Waals surface area contributed by atoms with Gasteiger partial charge in [-0.3, -0.25) is 14.2 Å². The topological polar surface area (TPSA) is 114 Å². The molecule has 0 aliphatic rings. The molecule has 0 heterocycles. The van der Waals surface area contributed by atoms with Crippen molar-refractivity contribution in [2.24, 2.45) is 0 Å². The molecular formula is C69H125N2O7P. The van der Waals surface area contributed by atoms with Gasteiger partial charge in [0.25, 0.3) is 7.82 Å². The maximum absolute atomic E-state index is 13.6. The van der Waals surface area contributed by atoms with Crippen molar-refractivity contribution in [2.45, 2.75) is 303 Å². The molecule has 0 aliphatic heterocycles. The van der Waals surface area contributed by atoms with Gasteiger partial charge in [0, 0.05) is 12.8 Å². The molecule has 10 heteroatoms. The molecule has 0 aliphatic carbocycles. The van der Waals surface area contributed by atoms with Crippen molar-refractivity contribution in [1.29, 1.82) is 0 Å². The summed E-state index contributed by atoms with van der Waals surface area (Å²) < 4.78 is 30.3. The Morgan fingerprint density at radius 1 is 0.443 bits per heavy atom. The Hall–Kier alpha value is -2.81. The highest BCUT2D eigenvalue weighted by molar-refractivity contribution is 7.45. The molecule has 0 fully saturated rings. The molecule has 3 unspecified atom stereocenters. The number of carbonyl (C=O) groups is 2. The molecule has 0 aromatic carbocycles. The Kier molecular flexibility index (Phi) is 56.3. The van der Waals surface area contributed by atoms with Crippen LogP contribution in [0.15, 0.2) is 85.1 Å². The van der Waals surface area contributed by atoms with Gasteiger partial charge in [0.15, 0.2) is 0 Å². The smallest absolute Gasteiger partial charge is 0.306 e. The maximum Gasteiger partial charge on any atom is 0.306 e. The average Bonchev–Trinajstić information content (AvgIpc) is 3.41. The van der Waals surface area contributed by atoms with Gasteiger partial charge in [-0.1, -0.05) is 254 Å². The summed E-state index contributed by atoms with van der Waals surface area (Å²) in [5, 5.41) is 3.03. The summed E-state index contributed by atoms with van der Waals surface area (Å²) in [5.41, 5.74) is 0. The van der Waals surface area contributed by atoms with E-state index < -0.39 is 26.6 Å². The minimum absolute atomic E-state index is 0.0289. The summed E-state index contributed by atoms with van der Waals surface area (Å²) in [4.78, 5) is 40.1. The van der Waals surface area contributed by atoms with Crippen LogP contribution in [0.4, 0.5) is 0 Å². The van der Waals surface area contributed by atoms with Crippen molar-refractivity contribution < 1.29 is 37.3 Å². The number of phosphoric acid groups is 1. The van der Waals surface area contributed by atoms with E-state index in [1.165, 1.54) is 148 Å². The molecule has 458 valence electrons. The number of nitrogens with one attached hydrogen (secondary N) is 1. The second-order valence-electron chi connectivity index (χ2n) is 23.3. The second-order valence-corrected chi connectivity index (χ2v) is 24.7. The number of esters is 1. The molecule has 1 N–H and O–H groups in total. The van der Waals surface area contributed by atoms with Crippen LogP contribution in [-0.2, 0) is 27.9 Å². The first kappa shape index (κ1) is 76.2. The lowest BCUT2D eigenvalue weighted by molar-refractivity contribution is -0.870. The number of allylic oxidation sites excluding steroid dienone is 13. The predicted molar refractivity (Wildman–Crippen MR) is 339 cm³/mol. The molecule has 0 radical (unpaired) electrons. The van der Waals surface area contributed by atoms with Gasteiger partial charge in [-0.05, 0) is 109 Å². The van der Waals surface area contributed by atoms with Crippen LogP contribution >= 0.6 is 7.82 Å². The third-order valence-electron chi connectivity index (χ3n) is 14.3. The molecule has 0 saturated carbocycles. The van der Waals surface area contributed by atoms with Crippen LogP contribution in [0.2, 0.25) is 0 Å². The lowest BCUT2D eigenvalue weighted by atomic mass is 10.0. The Bertz CT molecular complexity index is 1630. The van der Waals surface area contributed by atoms with Gasteiger partial charge < -0.3 is 28.5 Å². The highest BCUT2D eigenvalue weighted by Gasteiger charge is 2.27. The third kappa shape index (κ3) is 59.6. The summed E-state index contributed by atoms with van der Waals surface area (Å²) in [7, 11) is 1.17. The van der Waals surface area contributed by atoms with Crippen LogP contribution in [0.5, 0.6) is 0 Å². The molecule has 0 bridgehead atoms. The number of nitrogens with zero attached hydrogens (tertiary/aromatic N) is 1. The van der Waals surface area contributed by atoms with E-state index in [-0.39, 0.29) is 24.9 Å². The highest BCUT2D eigenvalue weighted by Crippen LogP contribution is 2.38. The summed E-state index contributed by atoms with van der Waals surface area (Å²) in [5.74, 6) is -0.563. The van der Waals surface area contributed by atoms with Crippen LogP contribution in [-0.4, -0.2) is 69.4 Å². The van der Waals surface area contributed by atoms with E-state index in [1.54, 1.807) is 0 Å². The minimum Gasteiger partial charge on any atom is -0.756 e. The molecule has 0 spiro atoms. The number of amides is 1. The third-order valence-corrected chi connectivity index (χ3v) is 15.3. The monoisotopic (exact) mass is 1120 g/mol. The van der Waals surface area contributed by atoms with Gasteiger partial charge in [-0.2, -0.15) is 0 Å². The van der Waals surface area contributed by atoms with Gasteiger partial charge >= 0.3 is 5.97 Å². The Morgan fingerprint density at radius 3 is 1.18 bits per heavy atom. The predicted octanol–water partition coefficient (Wildman–Crippen LogP) is 19.9. The van der Waals surface area contributed by atoms with E-state index in [9.17, 15) is 19.0 Å². The first-order valence-corrected chi connectivity index (χ1v) is 34.4. The molecule has 1 amide bonds. The van der Waals surface area contributed by atoms with Crippen molar-refractivity contribution in [1.82, 2.24) is 5.32 Å². The normalized spacial score (nSPS) is 14.2. The SMILES string of the molecule is CCCCC/C=C\C/C=C\C/C=C\C/C=C\CCCCCCCC(=O)OC(/C=C/CCCCCCCCCCC)C(COP(=O)([O-])OCC[N+](C)(C)C)NC(=O)CCCCCCCCCCCCC/C=C\C/C=C\CCCCC. The Morgan fingerprint density at radius 2 is 0.772 bits per heavy atom. The number of likely N-dealkylation sites (N-methyl/N-ethyl adjacent to an activating group) is 1. The fourth-order valence-electron chi connectivity index (χ4n) is 9.18. The van der Waals surface area contributed by atoms with Crippen LogP contribution in [0.1, 0.15) is 290 Å². The van der Waals surface area contributed by atoms with Crippen LogP contribution in [0, 0.1) is 0 Å². The first-order valence-electron chi connectivity index (χ1n) is 32.9. The zero-order chi connectivity index (χ0) is 57.9. The molecule has 0 aromatic rings. The number of carbonyl (C=O) groups excluding carboxylic acids is 2. The lowest BCUT2D eigenvalue weighted by Crippen LogP contribution is -2.47. The first-order chi connectivity index (χ1) is 38.4. The van der Waals surface area contributed by atoms with Crippen molar-refractivity contribution in [2.75, 3.05) is 40.9 Å². The van der Waals surface area contributed by atoms with E-state index >= 15 is 0 Å². The Balaban J connectivity index is 5.19. The van der Waals surface area contributed by atoms with Crippen LogP contribution in [0.25, 0.3) is 0 Å². The quantitative estimate of drug-likeness (QED) is 0.0212. The van der Waals surface area contributed by atoms with Gasteiger partial charge in [-0.15, -0.1) is 0 Å². The van der Waals surface area contributed by atoms with Crippen molar-refractivity contribution in [3.63, 3.8) is 0 Å². The number of phosphoric ester groups is 1. The van der Waals surface area contributed by atoms with Crippen molar-refractivity contribution in [3.8, 4) is 0 Å². The number of hydrogen-bond donors (Lipinski definition) is 1. The van der Waals surface area contributed by atoms with Crippen LogP contribution in [0.3, 0.4) is 0 Å². The van der Waals surface area contributed by atoms with E-state index in [0.29, 0.717) is 23.9 Å². The van der Waals surface area contributed by atoms with Gasteiger partial charge in [0.05, 0.1) is 33.8 Å². The zero-order valence-corrected chi connectivity index (χ0v) is 53.2. The molecule has 0 saturated heterocycles. The van der Waals surface area contributed by atoms with E-state index in [0.717, 1.165) is 103 Å². The van der Waals surface area contributed by atoms with E-state index in [4.69, 9.17) is 13.8 Å². The second kappa shape index (κ2) is 58.4. The summed E-state index contributed by atoms with van der Waals surface area (Å²) in [6, 6.07) is -0.901. The van der Waals surface area contributed by atoms with Gasteiger partial charge in [0.1, 0.15) is 19.3 Å². The van der Waals surface area contributed by atoms with E-state index in [2.05, 4.69) is 99.0 Å². The van der Waals surface area contributed by atoms with Crippen molar-refractivity contribution in [3.05, 3.63) is 85.1 Å². The summed E-state index contributed by atoms with van der Waals surface area (Å²) >= 11 is 0. The largest absolute Gasteiger partial charge is 0.756 e. The summed E-state index contributed by atoms with van der Waals surface area (Å²) in [6.07, 6.45) is 76.9. The minimum atomic E-state index is -4.71. The number of hydrogen-bond acceptors (Lipinski definition) is 7. The fraction of sp³-hybridized carbons (Fsp3) is 0.768. The molecule has 0 aromatic heterocycles. The van der Waals surface area contributed by atoms with Gasteiger partial charge in [0.2, 0.25) is 5.91 Å². The lowest BCUT2D eigenvalue weighted by Gasteiger charge is -2.30. The number of rotatable bonds is 59. The molecule has 9 nitrogen and oxygen atoms in total. The molecular weight excluding hydrogens is 1000 g/mol.